The number of carbonyl (C=O) groups is 4. The molecule has 0 spiro atoms. The fourth-order valence-electron chi connectivity index (χ4n) is 4.45. The van der Waals surface area contributed by atoms with E-state index in [-0.39, 0.29) is 29.6 Å². The van der Waals surface area contributed by atoms with Crippen molar-refractivity contribution in [3.05, 3.63) is 119 Å². The number of amides is 3. The van der Waals surface area contributed by atoms with Gasteiger partial charge in [-0.3, -0.25) is 24.4 Å². The highest BCUT2D eigenvalue weighted by Gasteiger charge is 2.27. The Bertz CT molecular complexity index is 1450. The fraction of sp³-hybridized carbons (Fsp3) is 0.219. The zero-order chi connectivity index (χ0) is 29.7. The number of hydrazone groups is 1. The van der Waals surface area contributed by atoms with Crippen molar-refractivity contribution in [2.24, 2.45) is 5.10 Å². The average molecular weight is 569 g/mol. The van der Waals surface area contributed by atoms with Gasteiger partial charge in [0.1, 0.15) is 6.61 Å². The molecule has 1 atom stereocenters. The monoisotopic (exact) mass is 568 g/mol. The van der Waals surface area contributed by atoms with E-state index in [1.165, 1.54) is 36.0 Å². The number of nitrogens with zero attached hydrogens (tertiary/aromatic N) is 2. The molecule has 3 amide bonds. The molecule has 0 aliphatic carbocycles. The summed E-state index contributed by atoms with van der Waals surface area (Å²) in [7, 11) is 0. The van der Waals surface area contributed by atoms with Gasteiger partial charge in [0.2, 0.25) is 5.91 Å². The van der Waals surface area contributed by atoms with Crippen LogP contribution in [0.5, 0.6) is 0 Å². The number of esters is 1. The Balaban J connectivity index is 1.46. The van der Waals surface area contributed by atoms with Crippen molar-refractivity contribution in [1.29, 1.82) is 0 Å². The molecule has 1 aliphatic rings. The van der Waals surface area contributed by atoms with Crippen LogP contribution in [-0.4, -0.2) is 46.6 Å². The van der Waals surface area contributed by atoms with Crippen molar-refractivity contribution in [1.82, 2.24) is 15.8 Å². The Morgan fingerprint density at radius 3 is 2.31 bits per heavy atom. The van der Waals surface area contributed by atoms with Gasteiger partial charge >= 0.3 is 5.97 Å². The number of hydrogen-bond donors (Lipinski definition) is 3. The number of benzene rings is 3. The second kappa shape index (κ2) is 15.1. The van der Waals surface area contributed by atoms with Crippen LogP contribution in [0.2, 0.25) is 0 Å². The van der Waals surface area contributed by atoms with E-state index in [1.54, 1.807) is 4.90 Å². The Labute approximate surface area is 243 Å². The van der Waals surface area contributed by atoms with Crippen molar-refractivity contribution in [2.75, 3.05) is 6.61 Å². The molecule has 216 valence electrons. The molecule has 1 heterocycles. The first-order valence-corrected chi connectivity index (χ1v) is 13.6. The lowest BCUT2D eigenvalue weighted by Gasteiger charge is -2.32. The van der Waals surface area contributed by atoms with Crippen molar-refractivity contribution >= 4 is 29.9 Å². The SMILES string of the molecule is O=C1CC/C=C/CCC(=O)N(Cc2ccc(/C=N/NC(=O)c3cccc(C(=O)NO)c3)cc2)[C@@H](c2ccccc2)CO1. The van der Waals surface area contributed by atoms with Crippen molar-refractivity contribution in [3.63, 3.8) is 0 Å². The normalized spacial score (nSPS) is 17.1. The van der Waals surface area contributed by atoms with Gasteiger partial charge in [-0.1, -0.05) is 72.8 Å². The maximum atomic E-state index is 13.4. The van der Waals surface area contributed by atoms with Gasteiger partial charge in [-0.05, 0) is 47.7 Å². The lowest BCUT2D eigenvalue weighted by atomic mass is 10.0. The van der Waals surface area contributed by atoms with Crippen molar-refractivity contribution in [3.8, 4) is 0 Å². The Morgan fingerprint density at radius 2 is 1.60 bits per heavy atom. The van der Waals surface area contributed by atoms with Crippen molar-refractivity contribution < 1.29 is 29.1 Å². The summed E-state index contributed by atoms with van der Waals surface area (Å²) >= 11 is 0. The van der Waals surface area contributed by atoms with Crippen LogP contribution in [-0.2, 0) is 20.9 Å². The maximum Gasteiger partial charge on any atom is 0.306 e. The summed E-state index contributed by atoms with van der Waals surface area (Å²) in [5, 5.41) is 12.8. The lowest BCUT2D eigenvalue weighted by molar-refractivity contribution is -0.149. The standard InChI is InChI=1S/C32H32N4O6/c37-29-13-6-1-2-7-14-30(38)42-22-28(25-9-4-3-5-10-25)36(29)21-24-17-15-23(16-18-24)20-33-34-31(39)26-11-8-12-27(19-26)32(40)35-41/h1-5,8-12,15-20,28,41H,6-7,13-14,21-22H2,(H,34,39)(H,35,40)/b2-1+,33-20+/t28-/m1/s1. The van der Waals surface area contributed by atoms with Crippen LogP contribution in [0.3, 0.4) is 0 Å². The second-order valence-electron chi connectivity index (χ2n) is 9.64. The first-order chi connectivity index (χ1) is 20.4. The molecule has 1 aliphatic heterocycles. The highest BCUT2D eigenvalue weighted by Crippen LogP contribution is 2.26. The van der Waals surface area contributed by atoms with Gasteiger partial charge in [-0.25, -0.2) is 10.9 Å². The van der Waals surface area contributed by atoms with Crippen LogP contribution < -0.4 is 10.9 Å². The molecule has 3 aromatic carbocycles. The smallest absolute Gasteiger partial charge is 0.306 e. The van der Waals surface area contributed by atoms with E-state index < -0.39 is 17.9 Å². The lowest BCUT2D eigenvalue weighted by Crippen LogP contribution is -2.37. The topological polar surface area (TPSA) is 137 Å². The fourth-order valence-corrected chi connectivity index (χ4v) is 4.45. The third kappa shape index (κ3) is 8.45. The minimum Gasteiger partial charge on any atom is -0.463 e. The van der Waals surface area contributed by atoms with Gasteiger partial charge in [-0.15, -0.1) is 0 Å². The number of ether oxygens (including phenoxy) is 1. The Hall–Kier alpha value is -5.09. The first kappa shape index (κ1) is 29.9. The molecule has 0 aromatic heterocycles. The second-order valence-corrected chi connectivity index (χ2v) is 9.64. The third-order valence-corrected chi connectivity index (χ3v) is 6.69. The van der Waals surface area contributed by atoms with Gasteiger partial charge in [0.05, 0.1) is 12.3 Å². The molecule has 0 unspecified atom stereocenters. The molecule has 10 heteroatoms. The Morgan fingerprint density at radius 1 is 0.905 bits per heavy atom. The summed E-state index contributed by atoms with van der Waals surface area (Å²) in [6.07, 6.45) is 7.12. The molecule has 0 fully saturated rings. The molecular weight excluding hydrogens is 536 g/mol. The summed E-state index contributed by atoms with van der Waals surface area (Å²) in [5.41, 5.74) is 6.75. The van der Waals surface area contributed by atoms with Gasteiger partial charge < -0.3 is 9.64 Å². The maximum absolute atomic E-state index is 13.4. The van der Waals surface area contributed by atoms with Crippen LogP contribution in [0.1, 0.15) is 69.1 Å². The molecular formula is C32H32N4O6. The summed E-state index contributed by atoms with van der Waals surface area (Å²) in [5.74, 6) is -1.59. The zero-order valence-corrected chi connectivity index (χ0v) is 22.9. The van der Waals surface area contributed by atoms with E-state index >= 15 is 0 Å². The highest BCUT2D eigenvalue weighted by atomic mass is 16.5. The minimum absolute atomic E-state index is 0.0426. The molecule has 3 aromatic rings. The number of carbonyl (C=O) groups excluding carboxylic acids is 4. The van der Waals surface area contributed by atoms with Gasteiger partial charge in [0.15, 0.2) is 0 Å². The van der Waals surface area contributed by atoms with Crippen molar-refractivity contribution in [2.45, 2.75) is 38.3 Å². The predicted octanol–water partition coefficient (Wildman–Crippen LogP) is 4.31. The molecule has 4 rings (SSSR count). The molecule has 3 N–H and O–H groups in total. The number of allylic oxidation sites excluding steroid dienone is 2. The zero-order valence-electron chi connectivity index (χ0n) is 22.9. The molecule has 42 heavy (non-hydrogen) atoms. The number of hydrogen-bond acceptors (Lipinski definition) is 7. The van der Waals surface area contributed by atoms with E-state index in [9.17, 15) is 19.2 Å². The number of cyclic esters (lactones) is 1. The molecule has 0 bridgehead atoms. The third-order valence-electron chi connectivity index (χ3n) is 6.69. The first-order valence-electron chi connectivity index (χ1n) is 13.6. The van der Waals surface area contributed by atoms with Crippen LogP contribution in [0, 0.1) is 0 Å². The largest absolute Gasteiger partial charge is 0.463 e. The van der Waals surface area contributed by atoms with Gasteiger partial charge in [0.25, 0.3) is 11.8 Å². The number of nitrogens with one attached hydrogen (secondary N) is 2. The molecule has 0 radical (unpaired) electrons. The molecule has 10 nitrogen and oxygen atoms in total. The summed E-state index contributed by atoms with van der Waals surface area (Å²) in [6, 6.07) is 22.3. The highest BCUT2D eigenvalue weighted by molar-refractivity contribution is 5.99. The predicted molar refractivity (Wildman–Crippen MR) is 155 cm³/mol. The van der Waals surface area contributed by atoms with E-state index in [1.807, 2.05) is 66.7 Å². The average Bonchev–Trinajstić information content (AvgIpc) is 3.02. The Kier molecular flexibility index (Phi) is 10.7. The minimum atomic E-state index is -0.726. The summed E-state index contributed by atoms with van der Waals surface area (Å²) in [6.45, 7) is 0.377. The van der Waals surface area contributed by atoms with Gasteiger partial charge in [0, 0.05) is 30.5 Å². The summed E-state index contributed by atoms with van der Waals surface area (Å²) < 4.78 is 5.59. The molecule has 0 saturated heterocycles. The van der Waals surface area contributed by atoms with E-state index in [4.69, 9.17) is 9.94 Å². The van der Waals surface area contributed by atoms with Crippen LogP contribution in [0.15, 0.2) is 96.1 Å². The number of hydroxylamine groups is 1. The van der Waals surface area contributed by atoms with E-state index in [0.29, 0.717) is 37.8 Å². The van der Waals surface area contributed by atoms with Crippen LogP contribution in [0.4, 0.5) is 0 Å². The summed E-state index contributed by atoms with van der Waals surface area (Å²) in [4.78, 5) is 51.5. The van der Waals surface area contributed by atoms with Crippen LogP contribution >= 0.6 is 0 Å². The molecule has 0 saturated carbocycles. The van der Waals surface area contributed by atoms with E-state index in [2.05, 4.69) is 10.5 Å². The quantitative estimate of drug-likeness (QED) is 0.128. The van der Waals surface area contributed by atoms with Gasteiger partial charge in [-0.2, -0.15) is 5.10 Å². The number of rotatable bonds is 7. The van der Waals surface area contributed by atoms with E-state index in [0.717, 1.165) is 11.1 Å². The van der Waals surface area contributed by atoms with Crippen LogP contribution in [0.25, 0.3) is 0 Å².